The average Bonchev–Trinajstić information content (AvgIpc) is 2.34. The van der Waals surface area contributed by atoms with Crippen LogP contribution >= 0.6 is 0 Å². The van der Waals surface area contributed by atoms with Crippen molar-refractivity contribution in [1.29, 1.82) is 0 Å². The van der Waals surface area contributed by atoms with E-state index >= 15 is 0 Å². The predicted molar refractivity (Wildman–Crippen MR) is 41.1 cm³/mol. The fourth-order valence-electron chi connectivity index (χ4n) is 1.18. The summed E-state index contributed by atoms with van der Waals surface area (Å²) in [5, 5.41) is 0. The van der Waals surface area contributed by atoms with Crippen LogP contribution in [0.4, 0.5) is 0 Å². The van der Waals surface area contributed by atoms with Gasteiger partial charge in [-0.2, -0.15) is 0 Å². The van der Waals surface area contributed by atoms with Crippen molar-refractivity contribution in [2.75, 3.05) is 6.54 Å². The second-order valence-corrected chi connectivity index (χ2v) is 2.66. The Kier molecular flexibility index (Phi) is 2.75. The van der Waals surface area contributed by atoms with E-state index < -0.39 is 0 Å². The van der Waals surface area contributed by atoms with E-state index in [0.29, 0.717) is 0 Å². The second kappa shape index (κ2) is 3.65. The molecule has 0 saturated carbocycles. The van der Waals surface area contributed by atoms with Crippen molar-refractivity contribution < 1.29 is 0 Å². The van der Waals surface area contributed by atoms with Crippen molar-refractivity contribution in [3.8, 4) is 0 Å². The molecule has 1 heterocycles. The van der Waals surface area contributed by atoms with E-state index in [0.717, 1.165) is 6.54 Å². The van der Waals surface area contributed by atoms with Crippen LogP contribution in [0.15, 0.2) is 4.99 Å². The van der Waals surface area contributed by atoms with Gasteiger partial charge in [-0.25, -0.2) is 0 Å². The molecule has 0 atom stereocenters. The zero-order valence-electron chi connectivity index (χ0n) is 6.19. The van der Waals surface area contributed by atoms with Crippen LogP contribution in [0.5, 0.6) is 0 Å². The third-order valence-electron chi connectivity index (χ3n) is 1.78. The van der Waals surface area contributed by atoms with Gasteiger partial charge in [-0.05, 0) is 25.7 Å². The third-order valence-corrected chi connectivity index (χ3v) is 1.78. The van der Waals surface area contributed by atoms with Crippen molar-refractivity contribution in [2.45, 2.75) is 39.0 Å². The molecular weight excluding hydrogens is 110 g/mol. The topological polar surface area (TPSA) is 12.4 Å². The Bertz CT molecular complexity index is 105. The van der Waals surface area contributed by atoms with Gasteiger partial charge in [-0.15, -0.1) is 0 Å². The summed E-state index contributed by atoms with van der Waals surface area (Å²) in [6.07, 6.45) is 6.48. The van der Waals surface area contributed by atoms with Crippen molar-refractivity contribution in [3.63, 3.8) is 0 Å². The first-order chi connectivity index (χ1) is 4.43. The van der Waals surface area contributed by atoms with Gasteiger partial charge in [-0.1, -0.05) is 13.3 Å². The fraction of sp³-hybridized carbons (Fsp3) is 0.875. The molecule has 0 bridgehead atoms. The molecular formula is C8H15N. The van der Waals surface area contributed by atoms with E-state index in [1.807, 2.05) is 0 Å². The van der Waals surface area contributed by atoms with Gasteiger partial charge in [0.1, 0.15) is 0 Å². The average molecular weight is 125 g/mol. The van der Waals surface area contributed by atoms with E-state index in [9.17, 15) is 0 Å². The normalized spacial score (nSPS) is 18.1. The molecule has 0 amide bonds. The summed E-state index contributed by atoms with van der Waals surface area (Å²) in [5.41, 5.74) is 1.47. The summed E-state index contributed by atoms with van der Waals surface area (Å²) in [7, 11) is 0. The molecule has 52 valence electrons. The molecule has 1 heteroatoms. The van der Waals surface area contributed by atoms with E-state index in [1.54, 1.807) is 0 Å². The molecule has 0 aromatic carbocycles. The van der Waals surface area contributed by atoms with Crippen LogP contribution in [0.25, 0.3) is 0 Å². The monoisotopic (exact) mass is 125 g/mol. The Hall–Kier alpha value is -0.330. The van der Waals surface area contributed by atoms with E-state index in [-0.39, 0.29) is 0 Å². The van der Waals surface area contributed by atoms with Crippen LogP contribution in [0.2, 0.25) is 0 Å². The lowest BCUT2D eigenvalue weighted by molar-refractivity contribution is 0.827. The molecule has 0 aromatic rings. The number of hydrogen-bond donors (Lipinski definition) is 0. The third kappa shape index (κ3) is 2.17. The van der Waals surface area contributed by atoms with Crippen LogP contribution in [-0.2, 0) is 0 Å². The number of aliphatic imine (C=N–C) groups is 1. The molecule has 0 radical (unpaired) electrons. The van der Waals surface area contributed by atoms with Crippen LogP contribution in [0.3, 0.4) is 0 Å². The summed E-state index contributed by atoms with van der Waals surface area (Å²) in [4.78, 5) is 4.39. The lowest BCUT2D eigenvalue weighted by Gasteiger charge is -1.94. The molecule has 1 rings (SSSR count). The Morgan fingerprint density at radius 2 is 2.44 bits per heavy atom. The van der Waals surface area contributed by atoms with Crippen molar-refractivity contribution >= 4 is 5.71 Å². The van der Waals surface area contributed by atoms with Gasteiger partial charge in [0, 0.05) is 12.3 Å². The Morgan fingerprint density at radius 1 is 1.56 bits per heavy atom. The largest absolute Gasteiger partial charge is 0.294 e. The summed E-state index contributed by atoms with van der Waals surface area (Å²) < 4.78 is 0. The fourth-order valence-corrected chi connectivity index (χ4v) is 1.18. The molecule has 1 aliphatic rings. The quantitative estimate of drug-likeness (QED) is 0.549. The van der Waals surface area contributed by atoms with Crippen molar-refractivity contribution in [2.24, 2.45) is 4.99 Å². The maximum Gasteiger partial charge on any atom is 0.0392 e. The van der Waals surface area contributed by atoms with E-state index in [2.05, 4.69) is 11.9 Å². The van der Waals surface area contributed by atoms with Gasteiger partial charge in [0.15, 0.2) is 0 Å². The minimum Gasteiger partial charge on any atom is -0.294 e. The van der Waals surface area contributed by atoms with Gasteiger partial charge in [-0.3, -0.25) is 4.99 Å². The zero-order chi connectivity index (χ0) is 6.53. The molecule has 0 aromatic heterocycles. The highest BCUT2D eigenvalue weighted by atomic mass is 14.8. The second-order valence-electron chi connectivity index (χ2n) is 2.66. The Balaban J connectivity index is 2.11. The molecule has 9 heavy (non-hydrogen) atoms. The highest BCUT2D eigenvalue weighted by Crippen LogP contribution is 2.09. The minimum absolute atomic E-state index is 1.10. The first-order valence-electron chi connectivity index (χ1n) is 3.95. The van der Waals surface area contributed by atoms with Crippen LogP contribution in [0, 0.1) is 0 Å². The number of hydrogen-bond acceptors (Lipinski definition) is 1. The van der Waals surface area contributed by atoms with Crippen LogP contribution in [-0.4, -0.2) is 12.3 Å². The lowest BCUT2D eigenvalue weighted by Crippen LogP contribution is -1.90. The minimum atomic E-state index is 1.10. The Morgan fingerprint density at radius 3 is 3.00 bits per heavy atom. The maximum atomic E-state index is 4.39. The molecule has 1 aliphatic heterocycles. The summed E-state index contributed by atoms with van der Waals surface area (Å²) in [5.74, 6) is 0. The number of nitrogens with zero attached hydrogens (tertiary/aromatic N) is 1. The molecule has 0 spiro atoms. The molecule has 0 fully saturated rings. The standard InChI is InChI=1S/C8H15N/c1-2-3-5-8-6-4-7-9-8/h2-7H2,1H3. The van der Waals surface area contributed by atoms with Gasteiger partial charge in [0.25, 0.3) is 0 Å². The summed E-state index contributed by atoms with van der Waals surface area (Å²) in [6, 6.07) is 0. The van der Waals surface area contributed by atoms with Crippen molar-refractivity contribution in [3.05, 3.63) is 0 Å². The van der Waals surface area contributed by atoms with Gasteiger partial charge < -0.3 is 0 Å². The van der Waals surface area contributed by atoms with Crippen molar-refractivity contribution in [1.82, 2.24) is 0 Å². The highest BCUT2D eigenvalue weighted by molar-refractivity contribution is 5.85. The van der Waals surface area contributed by atoms with Crippen LogP contribution in [0.1, 0.15) is 39.0 Å². The summed E-state index contributed by atoms with van der Waals surface area (Å²) in [6.45, 7) is 3.33. The van der Waals surface area contributed by atoms with E-state index in [1.165, 1.54) is 37.8 Å². The van der Waals surface area contributed by atoms with Gasteiger partial charge in [0.05, 0.1) is 0 Å². The number of unbranched alkanes of at least 4 members (excludes halogenated alkanes) is 1. The summed E-state index contributed by atoms with van der Waals surface area (Å²) >= 11 is 0. The molecule has 0 aliphatic carbocycles. The first kappa shape index (κ1) is 6.79. The van der Waals surface area contributed by atoms with Gasteiger partial charge in [0.2, 0.25) is 0 Å². The van der Waals surface area contributed by atoms with Crippen LogP contribution < -0.4 is 0 Å². The zero-order valence-corrected chi connectivity index (χ0v) is 6.19. The Labute approximate surface area is 57.2 Å². The lowest BCUT2D eigenvalue weighted by atomic mass is 10.1. The SMILES string of the molecule is CCCCC1=NCCC1. The molecule has 0 saturated heterocycles. The maximum absolute atomic E-state index is 4.39. The first-order valence-corrected chi connectivity index (χ1v) is 3.95. The predicted octanol–water partition coefficient (Wildman–Crippen LogP) is 2.41. The van der Waals surface area contributed by atoms with Gasteiger partial charge >= 0.3 is 0 Å². The smallest absolute Gasteiger partial charge is 0.0392 e. The molecule has 0 N–H and O–H groups in total. The van der Waals surface area contributed by atoms with E-state index in [4.69, 9.17) is 0 Å². The molecule has 0 unspecified atom stereocenters. The highest BCUT2D eigenvalue weighted by Gasteiger charge is 2.03. The number of rotatable bonds is 3. The molecule has 1 nitrogen and oxygen atoms in total.